The Hall–Kier alpha value is -2.81. The van der Waals surface area contributed by atoms with E-state index in [2.05, 4.69) is 20.4 Å². The molecule has 2 aromatic rings. The van der Waals surface area contributed by atoms with Gasteiger partial charge in [0.2, 0.25) is 11.8 Å². The van der Waals surface area contributed by atoms with Crippen LogP contribution in [0.1, 0.15) is 18.4 Å². The van der Waals surface area contributed by atoms with Crippen LogP contribution in [0.4, 0.5) is 0 Å². The van der Waals surface area contributed by atoms with Crippen molar-refractivity contribution in [1.82, 2.24) is 30.0 Å². The van der Waals surface area contributed by atoms with Gasteiger partial charge in [-0.3, -0.25) is 9.59 Å². The van der Waals surface area contributed by atoms with Gasteiger partial charge in [0, 0.05) is 44.2 Å². The summed E-state index contributed by atoms with van der Waals surface area (Å²) in [5, 5.41) is 6.88. The van der Waals surface area contributed by atoms with Gasteiger partial charge in [-0.15, -0.1) is 0 Å². The quantitative estimate of drug-likeness (QED) is 0.786. The number of amides is 2. The minimum absolute atomic E-state index is 0.0110. The molecular formula is C16H20N6O3. The van der Waals surface area contributed by atoms with Crippen molar-refractivity contribution in [3.8, 4) is 5.82 Å². The van der Waals surface area contributed by atoms with E-state index < -0.39 is 0 Å². The maximum Gasteiger partial charge on any atom is 0.223 e. The lowest BCUT2D eigenvalue weighted by Crippen LogP contribution is -2.41. The van der Waals surface area contributed by atoms with E-state index in [0.717, 1.165) is 5.56 Å². The number of carbonyl (C=O) groups excluding carboxylic acids is 2. The number of hydrogen-bond donors (Lipinski definition) is 1. The Balaban J connectivity index is 1.49. The molecular weight excluding hydrogens is 324 g/mol. The number of pyridine rings is 1. The Bertz CT molecular complexity index is 712. The Kier molecular flexibility index (Phi) is 5.68. The molecule has 1 aliphatic rings. The van der Waals surface area contributed by atoms with Crippen LogP contribution in [-0.4, -0.2) is 62.8 Å². The van der Waals surface area contributed by atoms with E-state index >= 15 is 0 Å². The van der Waals surface area contributed by atoms with Crippen molar-refractivity contribution in [1.29, 1.82) is 0 Å². The molecule has 2 amide bonds. The van der Waals surface area contributed by atoms with Crippen molar-refractivity contribution in [3.63, 3.8) is 0 Å². The number of aromatic nitrogens is 4. The van der Waals surface area contributed by atoms with Crippen LogP contribution in [0.15, 0.2) is 31.0 Å². The van der Waals surface area contributed by atoms with Crippen LogP contribution in [0.3, 0.4) is 0 Å². The number of rotatable bonds is 6. The summed E-state index contributed by atoms with van der Waals surface area (Å²) in [6.45, 7) is 2.62. The highest BCUT2D eigenvalue weighted by Gasteiger charge is 2.17. The number of morpholine rings is 1. The van der Waals surface area contributed by atoms with Crippen molar-refractivity contribution in [3.05, 3.63) is 36.5 Å². The van der Waals surface area contributed by atoms with Gasteiger partial charge in [-0.2, -0.15) is 5.10 Å². The highest BCUT2D eigenvalue weighted by atomic mass is 16.5. The molecule has 1 fully saturated rings. The van der Waals surface area contributed by atoms with Gasteiger partial charge in [-0.25, -0.2) is 14.6 Å². The lowest BCUT2D eigenvalue weighted by Gasteiger charge is -2.26. The molecule has 132 valence electrons. The van der Waals surface area contributed by atoms with Crippen LogP contribution >= 0.6 is 0 Å². The molecule has 9 heteroatoms. The lowest BCUT2D eigenvalue weighted by atomic mass is 10.2. The van der Waals surface area contributed by atoms with Crippen molar-refractivity contribution in [2.45, 2.75) is 19.4 Å². The highest BCUT2D eigenvalue weighted by Crippen LogP contribution is 2.09. The summed E-state index contributed by atoms with van der Waals surface area (Å²) in [6.07, 6.45) is 5.00. The molecule has 9 nitrogen and oxygen atoms in total. The average molecular weight is 344 g/mol. The molecule has 1 N–H and O–H groups in total. The van der Waals surface area contributed by atoms with Crippen molar-refractivity contribution in [2.24, 2.45) is 0 Å². The molecule has 0 bridgehead atoms. The highest BCUT2D eigenvalue weighted by molar-refractivity contribution is 5.83. The molecule has 0 saturated carbocycles. The van der Waals surface area contributed by atoms with Gasteiger partial charge in [0.05, 0.1) is 13.2 Å². The summed E-state index contributed by atoms with van der Waals surface area (Å²) in [7, 11) is 0. The van der Waals surface area contributed by atoms with E-state index in [1.54, 1.807) is 28.2 Å². The van der Waals surface area contributed by atoms with E-state index in [1.807, 2.05) is 6.07 Å². The molecule has 3 rings (SSSR count). The van der Waals surface area contributed by atoms with Gasteiger partial charge in [-0.05, 0) is 6.07 Å². The molecule has 1 saturated heterocycles. The number of nitrogens with zero attached hydrogens (tertiary/aromatic N) is 5. The van der Waals surface area contributed by atoms with Gasteiger partial charge in [-0.1, -0.05) is 6.07 Å². The van der Waals surface area contributed by atoms with Gasteiger partial charge in [0.1, 0.15) is 12.7 Å². The van der Waals surface area contributed by atoms with Crippen molar-refractivity contribution < 1.29 is 14.3 Å². The van der Waals surface area contributed by atoms with Crippen LogP contribution in [-0.2, 0) is 20.9 Å². The third-order valence-electron chi connectivity index (χ3n) is 3.91. The SMILES string of the molecule is O=C(CCC(=O)N1CCOCC1)NCc1cccnc1-n1cncn1. The monoisotopic (exact) mass is 344 g/mol. The summed E-state index contributed by atoms with van der Waals surface area (Å²) in [5.74, 6) is 0.433. The van der Waals surface area contributed by atoms with E-state index in [0.29, 0.717) is 38.7 Å². The molecule has 0 atom stereocenters. The third kappa shape index (κ3) is 4.60. The van der Waals surface area contributed by atoms with Crippen LogP contribution < -0.4 is 5.32 Å². The Morgan fingerprint density at radius 1 is 1.24 bits per heavy atom. The average Bonchev–Trinajstić information content (AvgIpc) is 3.20. The van der Waals surface area contributed by atoms with E-state index in [4.69, 9.17) is 4.74 Å². The minimum atomic E-state index is -0.171. The summed E-state index contributed by atoms with van der Waals surface area (Å²) in [5.41, 5.74) is 0.820. The fraction of sp³-hybridized carbons (Fsp3) is 0.438. The molecule has 0 spiro atoms. The van der Waals surface area contributed by atoms with E-state index in [9.17, 15) is 9.59 Å². The van der Waals surface area contributed by atoms with Gasteiger partial charge >= 0.3 is 0 Å². The minimum Gasteiger partial charge on any atom is -0.378 e. The van der Waals surface area contributed by atoms with Gasteiger partial charge in [0.15, 0.2) is 5.82 Å². The molecule has 0 unspecified atom stereocenters. The third-order valence-corrected chi connectivity index (χ3v) is 3.91. The van der Waals surface area contributed by atoms with E-state index in [-0.39, 0.29) is 24.7 Å². The molecule has 25 heavy (non-hydrogen) atoms. The fourth-order valence-corrected chi connectivity index (χ4v) is 2.57. The maximum absolute atomic E-state index is 12.0. The normalized spacial score (nSPS) is 14.3. The molecule has 3 heterocycles. The second kappa shape index (κ2) is 8.34. The number of carbonyl (C=O) groups is 2. The topological polar surface area (TPSA) is 102 Å². The zero-order chi connectivity index (χ0) is 17.5. The summed E-state index contributed by atoms with van der Waals surface area (Å²) in [4.78, 5) is 34.0. The fourth-order valence-electron chi connectivity index (χ4n) is 2.57. The predicted molar refractivity (Wildman–Crippen MR) is 87.6 cm³/mol. The predicted octanol–water partition coefficient (Wildman–Crippen LogP) is -0.0825. The molecule has 1 aliphatic heterocycles. The Morgan fingerprint density at radius 3 is 2.84 bits per heavy atom. The zero-order valence-corrected chi connectivity index (χ0v) is 13.8. The molecule has 0 aliphatic carbocycles. The number of ether oxygens (including phenoxy) is 1. The van der Waals surface area contributed by atoms with Crippen LogP contribution in [0, 0.1) is 0 Å². The Morgan fingerprint density at radius 2 is 2.08 bits per heavy atom. The summed E-state index contributed by atoms with van der Waals surface area (Å²) >= 11 is 0. The van der Waals surface area contributed by atoms with Crippen molar-refractivity contribution >= 4 is 11.8 Å². The second-order valence-electron chi connectivity index (χ2n) is 5.60. The standard InChI is InChI=1S/C16H20N6O3/c23-14(3-4-15(24)21-6-8-25-9-7-21)19-10-13-2-1-5-18-16(13)22-12-17-11-20-22/h1-2,5,11-12H,3-4,6-10H2,(H,19,23). The lowest BCUT2D eigenvalue weighted by molar-refractivity contribution is -0.137. The van der Waals surface area contributed by atoms with E-state index in [1.165, 1.54) is 6.33 Å². The van der Waals surface area contributed by atoms with Crippen LogP contribution in [0.5, 0.6) is 0 Å². The first-order valence-corrected chi connectivity index (χ1v) is 8.15. The number of nitrogens with one attached hydrogen (secondary N) is 1. The van der Waals surface area contributed by atoms with Crippen LogP contribution in [0.2, 0.25) is 0 Å². The maximum atomic E-state index is 12.0. The first-order valence-electron chi connectivity index (χ1n) is 8.15. The molecule has 2 aromatic heterocycles. The number of hydrogen-bond acceptors (Lipinski definition) is 6. The van der Waals surface area contributed by atoms with Crippen LogP contribution in [0.25, 0.3) is 5.82 Å². The second-order valence-corrected chi connectivity index (χ2v) is 5.60. The molecule has 0 aromatic carbocycles. The summed E-state index contributed by atoms with van der Waals surface area (Å²) in [6, 6.07) is 3.66. The molecule has 0 radical (unpaired) electrons. The zero-order valence-electron chi connectivity index (χ0n) is 13.8. The van der Waals surface area contributed by atoms with Gasteiger partial charge < -0.3 is 15.0 Å². The first-order chi connectivity index (χ1) is 12.2. The largest absolute Gasteiger partial charge is 0.378 e. The van der Waals surface area contributed by atoms with Crippen molar-refractivity contribution in [2.75, 3.05) is 26.3 Å². The smallest absolute Gasteiger partial charge is 0.223 e. The first kappa shape index (κ1) is 17.0. The van der Waals surface area contributed by atoms with Gasteiger partial charge in [0.25, 0.3) is 0 Å². The summed E-state index contributed by atoms with van der Waals surface area (Å²) < 4.78 is 6.76. The Labute approximate surface area is 145 Å².